The molecule has 1 aromatic heterocycles. The summed E-state index contributed by atoms with van der Waals surface area (Å²) in [4.78, 5) is 14.1. The van der Waals surface area contributed by atoms with Crippen molar-refractivity contribution in [2.75, 3.05) is 13.6 Å². The summed E-state index contributed by atoms with van der Waals surface area (Å²) >= 11 is 0. The van der Waals surface area contributed by atoms with Gasteiger partial charge < -0.3 is 4.42 Å². The lowest BCUT2D eigenvalue weighted by molar-refractivity contribution is 0.0942. The van der Waals surface area contributed by atoms with Crippen LogP contribution >= 0.6 is 0 Å². The van der Waals surface area contributed by atoms with E-state index in [1.165, 1.54) is 0 Å². The van der Waals surface area contributed by atoms with E-state index in [0.29, 0.717) is 13.1 Å². The Morgan fingerprint density at radius 3 is 2.72 bits per heavy atom. The number of benzene rings is 1. The van der Waals surface area contributed by atoms with Gasteiger partial charge in [-0.3, -0.25) is 9.69 Å². The number of Topliss-reactive ketones (excluding diaryl/α,β-unsaturated/α-hetero) is 1. The molecular weight excluding hydrogens is 226 g/mol. The number of rotatable bonds is 5. The number of carbonyl (C=O) groups is 1. The summed E-state index contributed by atoms with van der Waals surface area (Å²) in [6, 6.07) is 9.60. The van der Waals surface area contributed by atoms with E-state index in [-0.39, 0.29) is 5.78 Å². The Balaban J connectivity index is 1.97. The Morgan fingerprint density at radius 1 is 1.28 bits per heavy atom. The smallest absolute Gasteiger partial charge is 0.177 e. The molecule has 1 heterocycles. The summed E-state index contributed by atoms with van der Waals surface area (Å²) in [6.07, 6.45) is 3.35. The highest BCUT2D eigenvalue weighted by Crippen LogP contribution is 2.10. The van der Waals surface area contributed by atoms with Gasteiger partial charge in [0.1, 0.15) is 0 Å². The second-order valence-corrected chi connectivity index (χ2v) is 4.54. The first-order valence-electron chi connectivity index (χ1n) is 5.95. The quantitative estimate of drug-likeness (QED) is 0.757. The highest BCUT2D eigenvalue weighted by Gasteiger charge is 2.11. The minimum Gasteiger partial charge on any atom is -0.472 e. The number of carbonyl (C=O) groups excluding carboxylic acids is 1. The van der Waals surface area contributed by atoms with Crippen LogP contribution < -0.4 is 0 Å². The van der Waals surface area contributed by atoms with E-state index in [2.05, 4.69) is 0 Å². The third-order valence-corrected chi connectivity index (χ3v) is 2.89. The predicted molar refractivity (Wildman–Crippen MR) is 70.6 cm³/mol. The second kappa shape index (κ2) is 5.65. The van der Waals surface area contributed by atoms with Crippen LogP contribution in [-0.4, -0.2) is 24.3 Å². The zero-order chi connectivity index (χ0) is 13.0. The first-order chi connectivity index (χ1) is 8.66. The summed E-state index contributed by atoms with van der Waals surface area (Å²) in [5, 5.41) is 0. The number of hydrogen-bond acceptors (Lipinski definition) is 3. The van der Waals surface area contributed by atoms with Crippen molar-refractivity contribution in [3.63, 3.8) is 0 Å². The van der Waals surface area contributed by atoms with Crippen LogP contribution in [0.4, 0.5) is 0 Å². The zero-order valence-corrected chi connectivity index (χ0v) is 10.7. The lowest BCUT2D eigenvalue weighted by Gasteiger charge is -2.15. The van der Waals surface area contributed by atoms with Crippen molar-refractivity contribution in [1.29, 1.82) is 0 Å². The van der Waals surface area contributed by atoms with E-state index in [4.69, 9.17) is 4.42 Å². The molecule has 18 heavy (non-hydrogen) atoms. The molecule has 2 rings (SSSR count). The molecule has 0 amide bonds. The molecule has 1 aromatic carbocycles. The maximum atomic E-state index is 12.1. The molecule has 0 spiro atoms. The molecule has 3 nitrogen and oxygen atoms in total. The third kappa shape index (κ3) is 3.08. The Bertz CT molecular complexity index is 517. The number of ketones is 1. The fourth-order valence-corrected chi connectivity index (χ4v) is 1.97. The van der Waals surface area contributed by atoms with Crippen LogP contribution in [0.25, 0.3) is 0 Å². The van der Waals surface area contributed by atoms with Crippen LogP contribution in [0.5, 0.6) is 0 Å². The van der Waals surface area contributed by atoms with Crippen molar-refractivity contribution in [1.82, 2.24) is 4.90 Å². The Hall–Kier alpha value is -1.87. The van der Waals surface area contributed by atoms with Crippen molar-refractivity contribution in [3.8, 4) is 0 Å². The molecule has 3 heteroatoms. The van der Waals surface area contributed by atoms with Crippen LogP contribution in [0.1, 0.15) is 21.5 Å². The minimum atomic E-state index is 0.152. The van der Waals surface area contributed by atoms with Crippen molar-refractivity contribution in [2.24, 2.45) is 0 Å². The number of furan rings is 1. The summed E-state index contributed by atoms with van der Waals surface area (Å²) in [7, 11) is 1.93. The summed E-state index contributed by atoms with van der Waals surface area (Å²) < 4.78 is 5.01. The SMILES string of the molecule is Cc1ccccc1C(=O)CN(C)Cc1ccoc1. The summed E-state index contributed by atoms with van der Waals surface area (Å²) in [6.45, 7) is 3.09. The van der Waals surface area contributed by atoms with E-state index in [1.807, 2.05) is 49.2 Å². The van der Waals surface area contributed by atoms with Gasteiger partial charge >= 0.3 is 0 Å². The highest BCUT2D eigenvalue weighted by molar-refractivity contribution is 5.98. The second-order valence-electron chi connectivity index (χ2n) is 4.54. The molecule has 0 fully saturated rings. The molecule has 0 unspecified atom stereocenters. The van der Waals surface area contributed by atoms with Crippen LogP contribution in [0.15, 0.2) is 47.3 Å². The van der Waals surface area contributed by atoms with Crippen LogP contribution in [0.2, 0.25) is 0 Å². The number of aryl methyl sites for hydroxylation is 1. The predicted octanol–water partition coefficient (Wildman–Crippen LogP) is 2.90. The van der Waals surface area contributed by atoms with E-state index in [1.54, 1.807) is 12.5 Å². The molecular formula is C15H17NO2. The number of likely N-dealkylation sites (N-methyl/N-ethyl adjacent to an activating group) is 1. The van der Waals surface area contributed by atoms with Gasteiger partial charge in [-0.15, -0.1) is 0 Å². The lowest BCUT2D eigenvalue weighted by Crippen LogP contribution is -2.25. The van der Waals surface area contributed by atoms with Gasteiger partial charge in [-0.05, 0) is 25.6 Å². The molecule has 0 bridgehead atoms. The molecule has 0 N–H and O–H groups in total. The third-order valence-electron chi connectivity index (χ3n) is 2.89. The van der Waals surface area contributed by atoms with E-state index < -0.39 is 0 Å². The van der Waals surface area contributed by atoms with Gasteiger partial charge in [-0.2, -0.15) is 0 Å². The molecule has 0 aliphatic rings. The van der Waals surface area contributed by atoms with Gasteiger partial charge in [0.2, 0.25) is 0 Å². The average molecular weight is 243 g/mol. The van der Waals surface area contributed by atoms with Gasteiger partial charge in [0, 0.05) is 17.7 Å². The number of nitrogens with zero attached hydrogens (tertiary/aromatic N) is 1. The zero-order valence-electron chi connectivity index (χ0n) is 10.7. The van der Waals surface area contributed by atoms with E-state index in [0.717, 1.165) is 16.7 Å². The van der Waals surface area contributed by atoms with Crippen LogP contribution in [0, 0.1) is 6.92 Å². The van der Waals surface area contributed by atoms with Gasteiger partial charge in [0.05, 0.1) is 19.1 Å². The highest BCUT2D eigenvalue weighted by atomic mass is 16.3. The monoisotopic (exact) mass is 243 g/mol. The average Bonchev–Trinajstić information content (AvgIpc) is 2.82. The summed E-state index contributed by atoms with van der Waals surface area (Å²) in [5.41, 5.74) is 2.91. The minimum absolute atomic E-state index is 0.152. The summed E-state index contributed by atoms with van der Waals surface area (Å²) in [5.74, 6) is 0.152. The molecule has 2 aromatic rings. The molecule has 0 aliphatic heterocycles. The molecule has 0 aliphatic carbocycles. The molecule has 94 valence electrons. The fraction of sp³-hybridized carbons (Fsp3) is 0.267. The Morgan fingerprint density at radius 2 is 2.06 bits per heavy atom. The lowest BCUT2D eigenvalue weighted by atomic mass is 10.0. The van der Waals surface area contributed by atoms with Crippen molar-refractivity contribution >= 4 is 5.78 Å². The number of hydrogen-bond donors (Lipinski definition) is 0. The van der Waals surface area contributed by atoms with E-state index in [9.17, 15) is 4.79 Å². The van der Waals surface area contributed by atoms with Gasteiger partial charge in [-0.1, -0.05) is 24.3 Å². The molecule has 0 radical (unpaired) electrons. The van der Waals surface area contributed by atoms with Gasteiger partial charge in [0.15, 0.2) is 5.78 Å². The Kier molecular flexibility index (Phi) is 3.95. The van der Waals surface area contributed by atoms with Crippen molar-refractivity contribution in [2.45, 2.75) is 13.5 Å². The fourth-order valence-electron chi connectivity index (χ4n) is 1.97. The molecule has 0 atom stereocenters. The van der Waals surface area contributed by atoms with Crippen LogP contribution in [-0.2, 0) is 6.54 Å². The maximum Gasteiger partial charge on any atom is 0.177 e. The maximum absolute atomic E-state index is 12.1. The van der Waals surface area contributed by atoms with Crippen LogP contribution in [0.3, 0.4) is 0 Å². The topological polar surface area (TPSA) is 33.5 Å². The normalized spacial score (nSPS) is 10.8. The van der Waals surface area contributed by atoms with E-state index >= 15 is 0 Å². The molecule has 0 saturated carbocycles. The molecule has 0 saturated heterocycles. The standard InChI is InChI=1S/C15H17NO2/c1-12-5-3-4-6-14(12)15(17)10-16(2)9-13-7-8-18-11-13/h3-8,11H,9-10H2,1-2H3. The largest absolute Gasteiger partial charge is 0.472 e. The van der Waals surface area contributed by atoms with Crippen molar-refractivity contribution in [3.05, 3.63) is 59.5 Å². The van der Waals surface area contributed by atoms with Gasteiger partial charge in [0.25, 0.3) is 0 Å². The first kappa shape index (κ1) is 12.6. The van der Waals surface area contributed by atoms with Gasteiger partial charge in [-0.25, -0.2) is 0 Å². The van der Waals surface area contributed by atoms with Crippen molar-refractivity contribution < 1.29 is 9.21 Å². The first-order valence-corrected chi connectivity index (χ1v) is 5.95. The Labute approximate surface area is 107 Å².